The van der Waals surface area contributed by atoms with E-state index in [4.69, 9.17) is 9.47 Å². The highest BCUT2D eigenvalue weighted by Crippen LogP contribution is 2.76. The third-order valence-corrected chi connectivity index (χ3v) is 6.16. The van der Waals surface area contributed by atoms with Gasteiger partial charge in [-0.05, 0) is 18.4 Å². The number of piperidine rings is 1. The van der Waals surface area contributed by atoms with Gasteiger partial charge in [0, 0.05) is 11.8 Å². The molecule has 1 saturated carbocycles. The number of hydrogen-bond acceptors (Lipinski definition) is 4. The lowest BCUT2D eigenvalue weighted by Gasteiger charge is -2.35. The van der Waals surface area contributed by atoms with Gasteiger partial charge in [-0.3, -0.25) is 9.59 Å². The quantitative estimate of drug-likeness (QED) is 0.630. The normalized spacial score (nSPS) is 39.8. The maximum Gasteiger partial charge on any atom is 0.322 e. The molecule has 1 aliphatic carbocycles. The van der Waals surface area contributed by atoms with Crippen molar-refractivity contribution in [2.75, 3.05) is 13.7 Å². The van der Waals surface area contributed by atoms with Crippen molar-refractivity contribution in [3.8, 4) is 0 Å². The van der Waals surface area contributed by atoms with E-state index in [1.165, 1.54) is 7.11 Å². The number of carbonyl (C=O) groups excluding carboxylic acids is 2. The number of methoxy groups -OCH3 is 1. The van der Waals surface area contributed by atoms with Crippen molar-refractivity contribution in [3.63, 3.8) is 0 Å². The summed E-state index contributed by atoms with van der Waals surface area (Å²) in [5.74, 6) is -0.667. The van der Waals surface area contributed by atoms with Crippen molar-refractivity contribution in [1.82, 2.24) is 4.90 Å². The van der Waals surface area contributed by atoms with E-state index in [0.717, 1.165) is 5.56 Å². The van der Waals surface area contributed by atoms with Crippen LogP contribution in [0.3, 0.4) is 0 Å². The Morgan fingerprint density at radius 2 is 2.00 bits per heavy atom. The van der Waals surface area contributed by atoms with Gasteiger partial charge in [0.2, 0.25) is 5.91 Å². The summed E-state index contributed by atoms with van der Waals surface area (Å²) in [4.78, 5) is 27.9. The van der Waals surface area contributed by atoms with Crippen LogP contribution in [0.15, 0.2) is 30.3 Å². The van der Waals surface area contributed by atoms with Crippen LogP contribution >= 0.6 is 0 Å². The number of carbonyl (C=O) groups is 2. The van der Waals surface area contributed by atoms with Crippen molar-refractivity contribution in [2.45, 2.75) is 38.5 Å². The van der Waals surface area contributed by atoms with Crippen LogP contribution in [0.5, 0.6) is 0 Å². The van der Waals surface area contributed by atoms with Crippen LogP contribution in [-0.4, -0.2) is 42.3 Å². The predicted octanol–water partition coefficient (Wildman–Crippen LogP) is 2.17. The molecule has 1 amide bonds. The largest absolute Gasteiger partial charge is 0.468 e. The van der Waals surface area contributed by atoms with E-state index >= 15 is 0 Å². The van der Waals surface area contributed by atoms with E-state index in [9.17, 15) is 9.59 Å². The van der Waals surface area contributed by atoms with E-state index < -0.39 is 17.1 Å². The zero-order valence-electron chi connectivity index (χ0n) is 14.5. The molecule has 0 N–H and O–H groups in total. The molecule has 0 aromatic heterocycles. The SMILES string of the molecule is COC(=O)[C@@]12C(=O)N3[C@@H](C(C)C)CO[C@]3(C)[C@@H]1[C@@H]2c1ccccc1. The van der Waals surface area contributed by atoms with Gasteiger partial charge in [-0.25, -0.2) is 0 Å². The van der Waals surface area contributed by atoms with Crippen molar-refractivity contribution < 1.29 is 19.1 Å². The first-order valence-electron chi connectivity index (χ1n) is 8.51. The number of benzene rings is 1. The van der Waals surface area contributed by atoms with Gasteiger partial charge in [0.05, 0.1) is 19.8 Å². The fourth-order valence-electron chi connectivity index (χ4n) is 5.02. The summed E-state index contributed by atoms with van der Waals surface area (Å²) in [6.45, 7) is 6.63. The Bertz CT molecular complexity index is 703. The Morgan fingerprint density at radius 1 is 1.33 bits per heavy atom. The summed E-state index contributed by atoms with van der Waals surface area (Å²) >= 11 is 0. The molecular formula is C19H23NO4. The maximum absolute atomic E-state index is 13.4. The number of amides is 1. The highest BCUT2D eigenvalue weighted by atomic mass is 16.5. The fraction of sp³-hybridized carbons (Fsp3) is 0.579. The number of hydrogen-bond donors (Lipinski definition) is 0. The lowest BCUT2D eigenvalue weighted by molar-refractivity contribution is -0.156. The zero-order valence-corrected chi connectivity index (χ0v) is 14.5. The summed E-state index contributed by atoms with van der Waals surface area (Å²) in [5.41, 5.74) is -0.863. The molecule has 2 heterocycles. The molecule has 3 fully saturated rings. The van der Waals surface area contributed by atoms with E-state index in [2.05, 4.69) is 13.8 Å². The molecule has 24 heavy (non-hydrogen) atoms. The first-order valence-corrected chi connectivity index (χ1v) is 8.51. The van der Waals surface area contributed by atoms with Gasteiger partial charge in [-0.1, -0.05) is 44.2 Å². The molecule has 4 rings (SSSR count). The molecule has 0 radical (unpaired) electrons. The fourth-order valence-corrected chi connectivity index (χ4v) is 5.02. The van der Waals surface area contributed by atoms with Gasteiger partial charge >= 0.3 is 5.97 Å². The molecule has 2 aliphatic heterocycles. The average Bonchev–Trinajstić information content (AvgIpc) is 3.11. The van der Waals surface area contributed by atoms with Crippen LogP contribution in [0.2, 0.25) is 0 Å². The number of ether oxygens (including phenoxy) is 2. The summed E-state index contributed by atoms with van der Waals surface area (Å²) < 4.78 is 11.2. The van der Waals surface area contributed by atoms with Gasteiger partial charge in [0.1, 0.15) is 5.72 Å². The molecule has 3 aliphatic rings. The second-order valence-corrected chi connectivity index (χ2v) is 7.58. The number of nitrogens with zero attached hydrogens (tertiary/aromatic N) is 1. The molecule has 1 aromatic carbocycles. The number of rotatable bonds is 3. The second kappa shape index (κ2) is 4.82. The van der Waals surface area contributed by atoms with Crippen molar-refractivity contribution in [1.29, 1.82) is 0 Å². The first kappa shape index (κ1) is 15.6. The minimum Gasteiger partial charge on any atom is -0.468 e. The predicted molar refractivity (Wildman–Crippen MR) is 87.0 cm³/mol. The molecule has 0 unspecified atom stereocenters. The van der Waals surface area contributed by atoms with Crippen LogP contribution in [0.4, 0.5) is 0 Å². The Hall–Kier alpha value is -1.88. The van der Waals surface area contributed by atoms with Gasteiger partial charge < -0.3 is 14.4 Å². The Balaban J connectivity index is 1.82. The van der Waals surface area contributed by atoms with Gasteiger partial charge in [0.15, 0.2) is 5.41 Å². The number of esters is 1. The third-order valence-electron chi connectivity index (χ3n) is 6.16. The van der Waals surface area contributed by atoms with E-state index in [1.807, 2.05) is 42.2 Å². The Labute approximate surface area is 141 Å². The van der Waals surface area contributed by atoms with Gasteiger partial charge in [-0.15, -0.1) is 0 Å². The number of fused-ring (bicyclic) bond motifs is 3. The molecular weight excluding hydrogens is 306 g/mol. The average molecular weight is 329 g/mol. The van der Waals surface area contributed by atoms with Crippen molar-refractivity contribution >= 4 is 11.9 Å². The molecule has 1 aromatic rings. The third kappa shape index (κ3) is 1.59. The molecule has 0 bridgehead atoms. The minimum absolute atomic E-state index is 0.00764. The smallest absolute Gasteiger partial charge is 0.322 e. The van der Waals surface area contributed by atoms with Crippen LogP contribution in [-0.2, 0) is 19.1 Å². The Morgan fingerprint density at radius 3 is 2.58 bits per heavy atom. The second-order valence-electron chi connectivity index (χ2n) is 7.58. The highest BCUT2D eigenvalue weighted by Gasteiger charge is 2.89. The Kier molecular flexibility index (Phi) is 3.14. The summed E-state index contributed by atoms with van der Waals surface area (Å²) in [7, 11) is 1.36. The van der Waals surface area contributed by atoms with Crippen molar-refractivity contribution in [3.05, 3.63) is 35.9 Å². The van der Waals surface area contributed by atoms with E-state index in [1.54, 1.807) is 0 Å². The van der Waals surface area contributed by atoms with E-state index in [-0.39, 0.29) is 29.7 Å². The maximum atomic E-state index is 13.4. The lowest BCUT2D eigenvalue weighted by atomic mass is 9.95. The molecule has 0 spiro atoms. The van der Waals surface area contributed by atoms with Crippen LogP contribution in [0.25, 0.3) is 0 Å². The highest BCUT2D eigenvalue weighted by molar-refractivity contribution is 6.11. The molecule has 5 atom stereocenters. The first-order chi connectivity index (χ1) is 11.4. The van der Waals surface area contributed by atoms with Crippen molar-refractivity contribution in [2.24, 2.45) is 17.3 Å². The summed E-state index contributed by atoms with van der Waals surface area (Å²) in [5, 5.41) is 0. The monoisotopic (exact) mass is 329 g/mol. The zero-order chi connectivity index (χ0) is 17.3. The lowest BCUT2D eigenvalue weighted by Crippen LogP contribution is -2.50. The molecule has 2 saturated heterocycles. The minimum atomic E-state index is -1.13. The standard InChI is InChI=1S/C19H23NO4/c1-11(2)13-10-24-18(3)15-14(12-8-6-5-7-9-12)19(15,17(22)23-4)16(21)20(13)18/h5-9,11,13-15H,10H2,1-4H3/t13-,14+,15+,18-,19-/m1/s1. The van der Waals surface area contributed by atoms with Crippen LogP contribution < -0.4 is 0 Å². The molecule has 5 heteroatoms. The van der Waals surface area contributed by atoms with E-state index in [0.29, 0.717) is 6.61 Å². The summed E-state index contributed by atoms with van der Waals surface area (Å²) in [6, 6.07) is 9.76. The van der Waals surface area contributed by atoms with Gasteiger partial charge in [-0.2, -0.15) is 0 Å². The molecule has 5 nitrogen and oxygen atoms in total. The van der Waals surface area contributed by atoms with Crippen LogP contribution in [0.1, 0.15) is 32.3 Å². The topological polar surface area (TPSA) is 55.8 Å². The van der Waals surface area contributed by atoms with Crippen LogP contribution in [0, 0.1) is 17.3 Å². The molecule has 128 valence electrons. The summed E-state index contributed by atoms with van der Waals surface area (Å²) in [6.07, 6.45) is 0. The van der Waals surface area contributed by atoms with Gasteiger partial charge in [0.25, 0.3) is 0 Å².